The summed E-state index contributed by atoms with van der Waals surface area (Å²) in [6.45, 7) is 10.9. The van der Waals surface area contributed by atoms with E-state index in [1.165, 1.54) is 73.8 Å². The first-order valence-corrected chi connectivity index (χ1v) is 9.37. The minimum absolute atomic E-state index is 0.846. The van der Waals surface area contributed by atoms with Crippen LogP contribution in [0.1, 0.15) is 30.4 Å². The number of likely N-dealkylation sites (tertiary alicyclic amines) is 2. The summed E-state index contributed by atoms with van der Waals surface area (Å²) in [5, 5.41) is 0. The molecule has 1 aromatic rings. The third-order valence-electron chi connectivity index (χ3n) is 5.06. The van der Waals surface area contributed by atoms with E-state index in [2.05, 4.69) is 41.8 Å². The smallest absolute Gasteiger partial charge is 0.0235 e. The third-order valence-corrected chi connectivity index (χ3v) is 6.03. The normalized spacial score (nSPS) is 24.0. The van der Waals surface area contributed by atoms with Crippen LogP contribution in [0.25, 0.3) is 0 Å². The van der Waals surface area contributed by atoms with E-state index in [4.69, 9.17) is 0 Å². The highest BCUT2D eigenvalue weighted by atomic mass is 32.2. The summed E-state index contributed by atoms with van der Waals surface area (Å²) in [5.41, 5.74) is 2.81. The van der Waals surface area contributed by atoms with Crippen LogP contribution in [-0.4, -0.2) is 54.3 Å². The van der Waals surface area contributed by atoms with Crippen molar-refractivity contribution >= 4 is 11.8 Å². The second-order valence-corrected chi connectivity index (χ2v) is 7.75. The number of hydrogen-bond acceptors (Lipinski definition) is 3. The monoisotopic (exact) mass is 304 g/mol. The predicted octanol–water partition coefficient (Wildman–Crippen LogP) is 3.57. The van der Waals surface area contributed by atoms with Crippen LogP contribution >= 0.6 is 11.8 Å². The fourth-order valence-electron chi connectivity index (χ4n) is 3.52. The van der Waals surface area contributed by atoms with Gasteiger partial charge in [-0.05, 0) is 76.0 Å². The molecule has 2 fully saturated rings. The van der Waals surface area contributed by atoms with Crippen LogP contribution < -0.4 is 0 Å². The molecule has 0 unspecified atom stereocenters. The van der Waals surface area contributed by atoms with Gasteiger partial charge in [0.1, 0.15) is 0 Å². The zero-order valence-electron chi connectivity index (χ0n) is 13.5. The fraction of sp³-hybridized carbons (Fsp3) is 0.667. The second kappa shape index (κ2) is 7.17. The van der Waals surface area contributed by atoms with E-state index in [9.17, 15) is 0 Å². The number of nitrogens with zero attached hydrogens (tertiary/aromatic N) is 2. The second-order valence-electron chi connectivity index (χ2n) is 6.58. The largest absolute Gasteiger partial charge is 0.301 e. The van der Waals surface area contributed by atoms with Crippen molar-refractivity contribution in [2.24, 2.45) is 0 Å². The summed E-state index contributed by atoms with van der Waals surface area (Å²) in [6.07, 6.45) is 4.21. The Morgan fingerprint density at radius 2 is 1.90 bits per heavy atom. The lowest BCUT2D eigenvalue weighted by molar-refractivity contribution is 0.236. The summed E-state index contributed by atoms with van der Waals surface area (Å²) in [5.74, 6) is 1.22. The number of rotatable bonds is 5. The molecule has 2 nitrogen and oxygen atoms in total. The van der Waals surface area contributed by atoms with Gasteiger partial charge in [-0.15, -0.1) is 11.8 Å². The highest BCUT2D eigenvalue weighted by Crippen LogP contribution is 2.23. The van der Waals surface area contributed by atoms with Crippen LogP contribution in [0.4, 0.5) is 0 Å². The van der Waals surface area contributed by atoms with Crippen molar-refractivity contribution in [3.63, 3.8) is 0 Å². The van der Waals surface area contributed by atoms with Gasteiger partial charge in [-0.1, -0.05) is 6.07 Å². The first-order valence-electron chi connectivity index (χ1n) is 8.39. The Labute approximate surface area is 133 Å². The maximum absolute atomic E-state index is 2.72. The molecule has 3 rings (SSSR count). The molecule has 3 heteroatoms. The average Bonchev–Trinajstić information content (AvgIpc) is 3.13. The molecule has 0 amide bonds. The van der Waals surface area contributed by atoms with Crippen LogP contribution in [-0.2, 0) is 0 Å². The lowest BCUT2D eigenvalue weighted by Gasteiger charge is -2.23. The molecule has 0 spiro atoms. The van der Waals surface area contributed by atoms with Crippen molar-refractivity contribution in [2.45, 2.75) is 44.0 Å². The van der Waals surface area contributed by atoms with E-state index in [-0.39, 0.29) is 0 Å². The van der Waals surface area contributed by atoms with E-state index in [1.54, 1.807) is 0 Å². The number of hydrogen-bond donors (Lipinski definition) is 0. The van der Waals surface area contributed by atoms with E-state index in [1.807, 2.05) is 11.8 Å². The molecule has 2 heterocycles. The topological polar surface area (TPSA) is 6.48 Å². The molecule has 2 saturated heterocycles. The maximum atomic E-state index is 2.72. The van der Waals surface area contributed by atoms with Gasteiger partial charge in [-0.2, -0.15) is 0 Å². The zero-order chi connectivity index (χ0) is 14.7. The highest BCUT2D eigenvalue weighted by Gasteiger charge is 2.28. The van der Waals surface area contributed by atoms with Gasteiger partial charge in [-0.25, -0.2) is 0 Å². The molecule has 1 aromatic carbocycles. The molecular formula is C18H28N2S. The number of benzene rings is 1. The van der Waals surface area contributed by atoms with Crippen LogP contribution in [0.2, 0.25) is 0 Å². The summed E-state index contributed by atoms with van der Waals surface area (Å²) in [7, 11) is 0. The SMILES string of the molecule is Cc1ccc(SCCN2CC[C@@H](N3CCCC3)C2)cc1C. The lowest BCUT2D eigenvalue weighted by atomic mass is 10.1. The molecule has 0 N–H and O–H groups in total. The molecular weight excluding hydrogens is 276 g/mol. The van der Waals surface area contributed by atoms with Gasteiger partial charge in [0.15, 0.2) is 0 Å². The molecule has 2 aliphatic rings. The minimum Gasteiger partial charge on any atom is -0.301 e. The average molecular weight is 305 g/mol. The molecule has 1 atom stereocenters. The number of thioether (sulfide) groups is 1. The maximum Gasteiger partial charge on any atom is 0.0235 e. The summed E-state index contributed by atoms with van der Waals surface area (Å²) >= 11 is 2.01. The van der Waals surface area contributed by atoms with Crippen molar-refractivity contribution in [3.05, 3.63) is 29.3 Å². The first kappa shape index (κ1) is 15.4. The Morgan fingerprint density at radius 3 is 2.67 bits per heavy atom. The Morgan fingerprint density at radius 1 is 1.10 bits per heavy atom. The summed E-state index contributed by atoms with van der Waals surface area (Å²) in [4.78, 5) is 6.81. The van der Waals surface area contributed by atoms with Gasteiger partial charge in [-0.3, -0.25) is 4.90 Å². The summed E-state index contributed by atoms with van der Waals surface area (Å²) < 4.78 is 0. The Balaban J connectivity index is 1.40. The molecule has 2 aliphatic heterocycles. The van der Waals surface area contributed by atoms with E-state index >= 15 is 0 Å². The fourth-order valence-corrected chi connectivity index (χ4v) is 4.53. The Bertz CT molecular complexity index is 468. The standard InChI is InChI=1S/C18H28N2S/c1-15-5-6-18(13-16(15)2)21-12-11-19-10-7-17(14-19)20-8-3-4-9-20/h5-6,13,17H,3-4,7-12,14H2,1-2H3/t17-/m1/s1. The minimum atomic E-state index is 0.846. The van der Waals surface area contributed by atoms with Crippen LogP contribution in [0.15, 0.2) is 23.1 Å². The molecule has 0 aromatic heterocycles. The predicted molar refractivity (Wildman–Crippen MR) is 92.3 cm³/mol. The van der Waals surface area contributed by atoms with Gasteiger partial charge < -0.3 is 4.90 Å². The molecule has 21 heavy (non-hydrogen) atoms. The quantitative estimate of drug-likeness (QED) is 0.768. The van der Waals surface area contributed by atoms with Crippen molar-refractivity contribution < 1.29 is 0 Å². The van der Waals surface area contributed by atoms with Gasteiger partial charge >= 0.3 is 0 Å². The molecule has 0 bridgehead atoms. The van der Waals surface area contributed by atoms with Gasteiger partial charge in [0.05, 0.1) is 0 Å². The molecule has 0 saturated carbocycles. The zero-order valence-corrected chi connectivity index (χ0v) is 14.3. The van der Waals surface area contributed by atoms with Crippen molar-refractivity contribution in [2.75, 3.05) is 38.5 Å². The van der Waals surface area contributed by atoms with E-state index < -0.39 is 0 Å². The molecule has 0 radical (unpaired) electrons. The lowest BCUT2D eigenvalue weighted by Crippen LogP contribution is -2.35. The number of aryl methyl sites for hydroxylation is 2. The summed E-state index contributed by atoms with van der Waals surface area (Å²) in [6, 6.07) is 7.69. The van der Waals surface area contributed by atoms with E-state index in [0.29, 0.717) is 0 Å². The van der Waals surface area contributed by atoms with Crippen LogP contribution in [0.5, 0.6) is 0 Å². The van der Waals surface area contributed by atoms with Crippen LogP contribution in [0.3, 0.4) is 0 Å². The van der Waals surface area contributed by atoms with Gasteiger partial charge in [0.25, 0.3) is 0 Å². The Hall–Kier alpha value is -0.510. The Kier molecular flexibility index (Phi) is 5.25. The highest BCUT2D eigenvalue weighted by molar-refractivity contribution is 7.99. The van der Waals surface area contributed by atoms with Crippen molar-refractivity contribution in [1.82, 2.24) is 9.80 Å². The van der Waals surface area contributed by atoms with Crippen molar-refractivity contribution in [1.29, 1.82) is 0 Å². The first-order chi connectivity index (χ1) is 10.2. The molecule has 0 aliphatic carbocycles. The van der Waals surface area contributed by atoms with Crippen molar-refractivity contribution in [3.8, 4) is 0 Å². The van der Waals surface area contributed by atoms with Gasteiger partial charge in [0, 0.05) is 29.8 Å². The van der Waals surface area contributed by atoms with E-state index in [0.717, 1.165) is 6.04 Å². The molecule has 116 valence electrons. The third kappa shape index (κ3) is 4.02. The van der Waals surface area contributed by atoms with Crippen LogP contribution in [0, 0.1) is 13.8 Å². The van der Waals surface area contributed by atoms with Gasteiger partial charge in [0.2, 0.25) is 0 Å².